The Kier molecular flexibility index (Phi) is 4.51. The number of nitrogens with one attached hydrogen (secondary N) is 1. The minimum atomic E-state index is 0.278. The molecule has 21 heavy (non-hydrogen) atoms. The predicted molar refractivity (Wildman–Crippen MR) is 81.0 cm³/mol. The second kappa shape index (κ2) is 6.54. The van der Waals surface area contributed by atoms with E-state index < -0.39 is 0 Å². The largest absolute Gasteiger partial charge is 0.493 e. The third kappa shape index (κ3) is 3.41. The van der Waals surface area contributed by atoms with Gasteiger partial charge >= 0.3 is 0 Å². The average molecular weight is 292 g/mol. The fourth-order valence-corrected chi connectivity index (χ4v) is 3.16. The maximum atomic E-state index is 5.48. The van der Waals surface area contributed by atoms with Crippen LogP contribution in [0.3, 0.4) is 0 Å². The number of hydrogen-bond acceptors (Lipinski definition) is 5. The number of rotatable bonds is 5. The summed E-state index contributed by atoms with van der Waals surface area (Å²) in [5.74, 6) is 3.07. The van der Waals surface area contributed by atoms with E-state index in [9.17, 15) is 0 Å². The van der Waals surface area contributed by atoms with Crippen LogP contribution in [-0.2, 0) is 6.54 Å². The summed E-state index contributed by atoms with van der Waals surface area (Å²) in [5, 5.41) is 3.42. The lowest BCUT2D eigenvalue weighted by Gasteiger charge is -2.27. The monoisotopic (exact) mass is 292 g/mol. The first-order valence-corrected chi connectivity index (χ1v) is 7.62. The van der Waals surface area contributed by atoms with Crippen LogP contribution in [0, 0.1) is 5.92 Å². The zero-order chi connectivity index (χ0) is 14.7. The first-order valence-electron chi connectivity index (χ1n) is 7.62. The highest BCUT2D eigenvalue weighted by Crippen LogP contribution is 2.42. The van der Waals surface area contributed by atoms with Gasteiger partial charge in [-0.05, 0) is 56.6 Å². The molecule has 5 heteroatoms. The minimum absolute atomic E-state index is 0.278. The second-order valence-corrected chi connectivity index (χ2v) is 5.92. The van der Waals surface area contributed by atoms with Crippen LogP contribution >= 0.6 is 0 Å². The van der Waals surface area contributed by atoms with Crippen molar-refractivity contribution in [3.63, 3.8) is 0 Å². The molecule has 1 saturated heterocycles. The number of fused-ring (bicyclic) bond motifs is 1. The Morgan fingerprint density at radius 1 is 1.29 bits per heavy atom. The Morgan fingerprint density at radius 2 is 2.10 bits per heavy atom. The van der Waals surface area contributed by atoms with Crippen molar-refractivity contribution in [3.8, 4) is 17.2 Å². The molecule has 0 aliphatic carbocycles. The van der Waals surface area contributed by atoms with Crippen LogP contribution in [0.2, 0.25) is 0 Å². The van der Waals surface area contributed by atoms with E-state index in [0.29, 0.717) is 0 Å². The molecule has 0 aromatic heterocycles. The lowest BCUT2D eigenvalue weighted by molar-refractivity contribution is 0.171. The molecule has 2 aliphatic heterocycles. The van der Waals surface area contributed by atoms with Crippen LogP contribution in [0.5, 0.6) is 17.2 Å². The van der Waals surface area contributed by atoms with E-state index in [4.69, 9.17) is 14.2 Å². The van der Waals surface area contributed by atoms with Gasteiger partial charge < -0.3 is 24.4 Å². The Morgan fingerprint density at radius 3 is 2.86 bits per heavy atom. The fourth-order valence-electron chi connectivity index (χ4n) is 3.16. The molecule has 3 rings (SSSR count). The summed E-state index contributed by atoms with van der Waals surface area (Å²) in [6, 6.07) is 4.11. The summed E-state index contributed by atoms with van der Waals surface area (Å²) in [7, 11) is 3.85. The number of methoxy groups -OCH3 is 1. The first kappa shape index (κ1) is 14.5. The Labute approximate surface area is 126 Å². The molecule has 2 heterocycles. The molecule has 0 radical (unpaired) electrons. The molecular weight excluding hydrogens is 268 g/mol. The van der Waals surface area contributed by atoms with Crippen molar-refractivity contribution in [2.45, 2.75) is 19.4 Å². The number of hydrogen-bond donors (Lipinski definition) is 1. The molecule has 1 aromatic rings. The van der Waals surface area contributed by atoms with E-state index in [0.717, 1.165) is 49.3 Å². The quantitative estimate of drug-likeness (QED) is 0.897. The van der Waals surface area contributed by atoms with Crippen LogP contribution in [-0.4, -0.2) is 45.5 Å². The molecule has 2 aliphatic rings. The van der Waals surface area contributed by atoms with Crippen LogP contribution in [0.1, 0.15) is 18.4 Å². The van der Waals surface area contributed by atoms with Gasteiger partial charge in [-0.25, -0.2) is 0 Å². The number of benzene rings is 1. The molecule has 0 bridgehead atoms. The van der Waals surface area contributed by atoms with Crippen LogP contribution in [0.4, 0.5) is 0 Å². The van der Waals surface area contributed by atoms with E-state index in [2.05, 4.69) is 23.3 Å². The molecule has 116 valence electrons. The van der Waals surface area contributed by atoms with E-state index in [1.165, 1.54) is 18.4 Å². The number of nitrogens with zero attached hydrogens (tertiary/aromatic N) is 1. The average Bonchev–Trinajstić information content (AvgIpc) is 2.95. The molecule has 1 N–H and O–H groups in total. The van der Waals surface area contributed by atoms with Crippen LogP contribution < -0.4 is 19.5 Å². The second-order valence-electron chi connectivity index (χ2n) is 5.92. The third-order valence-electron chi connectivity index (χ3n) is 4.20. The van der Waals surface area contributed by atoms with E-state index in [1.807, 2.05) is 6.07 Å². The topological polar surface area (TPSA) is 43.0 Å². The predicted octanol–water partition coefficient (Wildman–Crippen LogP) is 1.86. The summed E-state index contributed by atoms with van der Waals surface area (Å²) >= 11 is 0. The van der Waals surface area contributed by atoms with E-state index in [-0.39, 0.29) is 6.79 Å². The zero-order valence-electron chi connectivity index (χ0n) is 12.9. The number of piperidine rings is 1. The standard InChI is InChI=1S/C16H24N2O3/c1-18(9-12-3-5-17-6-4-12)10-13-7-14(19-2)16-15(8-13)20-11-21-16/h7-8,12,17H,3-6,9-11H2,1-2H3. The van der Waals surface area contributed by atoms with Crippen LogP contribution in [0.25, 0.3) is 0 Å². The summed E-state index contributed by atoms with van der Waals surface area (Å²) in [6.07, 6.45) is 2.55. The fraction of sp³-hybridized carbons (Fsp3) is 0.625. The summed E-state index contributed by atoms with van der Waals surface area (Å²) in [5.41, 5.74) is 1.20. The number of ether oxygens (including phenoxy) is 3. The molecule has 0 amide bonds. The molecule has 0 spiro atoms. The molecule has 5 nitrogen and oxygen atoms in total. The van der Waals surface area contributed by atoms with Gasteiger partial charge in [-0.3, -0.25) is 0 Å². The zero-order valence-corrected chi connectivity index (χ0v) is 12.9. The van der Waals surface area contributed by atoms with Crippen molar-refractivity contribution in [2.24, 2.45) is 5.92 Å². The van der Waals surface area contributed by atoms with Crippen molar-refractivity contribution in [3.05, 3.63) is 17.7 Å². The van der Waals surface area contributed by atoms with Gasteiger partial charge in [0.2, 0.25) is 12.5 Å². The van der Waals surface area contributed by atoms with Gasteiger partial charge in [0, 0.05) is 13.1 Å². The highest BCUT2D eigenvalue weighted by Gasteiger charge is 2.21. The normalized spacial score (nSPS) is 18.2. The van der Waals surface area contributed by atoms with Crippen LogP contribution in [0.15, 0.2) is 12.1 Å². The Balaban J connectivity index is 1.64. The summed E-state index contributed by atoms with van der Waals surface area (Å²) in [6.45, 7) is 4.61. The Bertz CT molecular complexity index is 487. The van der Waals surface area contributed by atoms with Gasteiger partial charge in [-0.1, -0.05) is 0 Å². The molecule has 1 aromatic carbocycles. The lowest BCUT2D eigenvalue weighted by atomic mass is 9.97. The first-order chi connectivity index (χ1) is 10.3. The maximum absolute atomic E-state index is 5.48. The van der Waals surface area contributed by atoms with E-state index >= 15 is 0 Å². The SMILES string of the molecule is COc1cc(CN(C)CC2CCNCC2)cc2c1OCO2. The summed E-state index contributed by atoms with van der Waals surface area (Å²) in [4.78, 5) is 2.38. The molecule has 0 saturated carbocycles. The molecular formula is C16H24N2O3. The minimum Gasteiger partial charge on any atom is -0.493 e. The molecule has 0 unspecified atom stereocenters. The van der Waals surface area contributed by atoms with Crippen molar-refractivity contribution in [1.82, 2.24) is 10.2 Å². The van der Waals surface area contributed by atoms with Gasteiger partial charge in [0.25, 0.3) is 0 Å². The highest BCUT2D eigenvalue weighted by atomic mass is 16.7. The lowest BCUT2D eigenvalue weighted by Crippen LogP contribution is -2.34. The van der Waals surface area contributed by atoms with Gasteiger partial charge in [0.15, 0.2) is 11.5 Å². The van der Waals surface area contributed by atoms with E-state index in [1.54, 1.807) is 7.11 Å². The maximum Gasteiger partial charge on any atom is 0.231 e. The van der Waals surface area contributed by atoms with Crippen molar-refractivity contribution < 1.29 is 14.2 Å². The third-order valence-corrected chi connectivity index (χ3v) is 4.20. The van der Waals surface area contributed by atoms with Crippen molar-refractivity contribution in [2.75, 3.05) is 40.6 Å². The summed E-state index contributed by atoms with van der Waals surface area (Å²) < 4.78 is 16.3. The molecule has 1 fully saturated rings. The van der Waals surface area contributed by atoms with Gasteiger partial charge in [0.05, 0.1) is 7.11 Å². The van der Waals surface area contributed by atoms with Gasteiger partial charge in [-0.15, -0.1) is 0 Å². The molecule has 0 atom stereocenters. The Hall–Kier alpha value is -1.46. The van der Waals surface area contributed by atoms with Crippen molar-refractivity contribution in [1.29, 1.82) is 0 Å². The highest BCUT2D eigenvalue weighted by molar-refractivity contribution is 5.55. The van der Waals surface area contributed by atoms with Gasteiger partial charge in [0.1, 0.15) is 0 Å². The van der Waals surface area contributed by atoms with Crippen molar-refractivity contribution >= 4 is 0 Å². The van der Waals surface area contributed by atoms with Gasteiger partial charge in [-0.2, -0.15) is 0 Å². The smallest absolute Gasteiger partial charge is 0.231 e.